The Balaban J connectivity index is 0.00000121. The number of hydrogen-bond donors (Lipinski definition) is 2. The van der Waals surface area contributed by atoms with Gasteiger partial charge in [0, 0.05) is 0 Å². The number of thiol groups is 1. The van der Waals surface area contributed by atoms with Gasteiger partial charge < -0.3 is 0 Å². The maximum atomic E-state index is 12.8. The molecule has 0 fully saturated rings. The van der Waals surface area contributed by atoms with Gasteiger partial charge in [0.15, 0.2) is 0 Å². The number of halogens is 3. The molecule has 0 radical (unpaired) electrons. The smallest absolute Gasteiger partial charge is 0.134 e. The Morgan fingerprint density at radius 2 is 2.08 bits per heavy atom. The van der Waals surface area contributed by atoms with Crippen LogP contribution in [0.4, 0.5) is 4.39 Å². The highest BCUT2D eigenvalue weighted by molar-refractivity contribution is 14.0. The van der Waals surface area contributed by atoms with Gasteiger partial charge in [-0.3, -0.25) is 5.41 Å². The summed E-state index contributed by atoms with van der Waals surface area (Å²) in [6.45, 7) is 0. The summed E-state index contributed by atoms with van der Waals surface area (Å²) in [7, 11) is 0. The Morgan fingerprint density at radius 3 is 2.42 bits per heavy atom. The monoisotopic (exact) mass is 317 g/mol. The summed E-state index contributed by atoms with van der Waals surface area (Å²) in [5, 5.41) is 7.11. The van der Waals surface area contributed by atoms with Crippen LogP contribution in [0.5, 0.6) is 0 Å². The quantitative estimate of drug-likeness (QED) is 0.343. The van der Waals surface area contributed by atoms with Crippen LogP contribution in [0.25, 0.3) is 0 Å². The summed E-state index contributed by atoms with van der Waals surface area (Å²) < 4.78 is 12.8. The van der Waals surface area contributed by atoms with Gasteiger partial charge in [-0.25, -0.2) is 4.39 Å². The van der Waals surface area contributed by atoms with Crippen molar-refractivity contribution in [3.8, 4) is 0 Å². The van der Waals surface area contributed by atoms with Gasteiger partial charge >= 0.3 is 0 Å². The van der Waals surface area contributed by atoms with Gasteiger partial charge in [0.05, 0.1) is 15.6 Å². The van der Waals surface area contributed by atoms with Crippen LogP contribution in [0.2, 0.25) is 5.02 Å². The molecule has 66 valence electrons. The van der Waals surface area contributed by atoms with E-state index in [1.165, 1.54) is 18.2 Å². The zero-order chi connectivity index (χ0) is 8.43. The number of hydrogen-bond acceptors (Lipinski definition) is 1. The minimum Gasteiger partial charge on any atom is -0.293 e. The highest BCUT2D eigenvalue weighted by Crippen LogP contribution is 2.20. The van der Waals surface area contributed by atoms with E-state index in [1.807, 2.05) is 0 Å². The van der Waals surface area contributed by atoms with Crippen molar-refractivity contribution < 1.29 is 4.39 Å². The SMILES string of the molecule is I.N=C(S)c1c(F)cccc1Cl. The topological polar surface area (TPSA) is 23.9 Å². The second kappa shape index (κ2) is 5.04. The molecule has 0 saturated carbocycles. The van der Waals surface area contributed by atoms with Crippen LogP contribution in [0, 0.1) is 11.2 Å². The summed E-state index contributed by atoms with van der Waals surface area (Å²) >= 11 is 9.28. The lowest BCUT2D eigenvalue weighted by Gasteiger charge is -2.00. The third-order valence-corrected chi connectivity index (χ3v) is 1.74. The van der Waals surface area contributed by atoms with E-state index in [0.29, 0.717) is 0 Å². The van der Waals surface area contributed by atoms with Gasteiger partial charge in [-0.15, -0.1) is 36.6 Å². The van der Waals surface area contributed by atoms with Crippen LogP contribution in [-0.2, 0) is 0 Å². The maximum Gasteiger partial charge on any atom is 0.134 e. The van der Waals surface area contributed by atoms with Crippen molar-refractivity contribution >= 4 is 53.3 Å². The summed E-state index contributed by atoms with van der Waals surface area (Å²) in [4.78, 5) is 0. The van der Waals surface area contributed by atoms with Gasteiger partial charge in [-0.05, 0) is 12.1 Å². The molecule has 0 unspecified atom stereocenters. The first-order valence-corrected chi connectivity index (χ1v) is 3.67. The fourth-order valence-corrected chi connectivity index (χ4v) is 1.27. The molecule has 0 aliphatic heterocycles. The number of nitrogens with one attached hydrogen (secondary N) is 1. The third kappa shape index (κ3) is 2.60. The van der Waals surface area contributed by atoms with E-state index in [1.54, 1.807) is 0 Å². The molecule has 5 heteroatoms. The molecule has 0 spiro atoms. The van der Waals surface area contributed by atoms with Crippen molar-refractivity contribution in [1.82, 2.24) is 0 Å². The zero-order valence-corrected chi connectivity index (χ0v) is 9.82. The molecule has 0 saturated heterocycles. The van der Waals surface area contributed by atoms with E-state index in [4.69, 9.17) is 17.0 Å². The van der Waals surface area contributed by atoms with Crippen molar-refractivity contribution in [3.63, 3.8) is 0 Å². The molecule has 0 atom stereocenters. The third-order valence-electron chi connectivity index (χ3n) is 1.20. The van der Waals surface area contributed by atoms with E-state index in [-0.39, 0.29) is 39.6 Å². The maximum absolute atomic E-state index is 12.8. The number of benzene rings is 1. The zero-order valence-electron chi connectivity index (χ0n) is 5.84. The van der Waals surface area contributed by atoms with Gasteiger partial charge in [-0.2, -0.15) is 0 Å². The van der Waals surface area contributed by atoms with Gasteiger partial charge in [0.25, 0.3) is 0 Å². The summed E-state index contributed by atoms with van der Waals surface area (Å²) in [6, 6.07) is 4.24. The Morgan fingerprint density at radius 1 is 1.50 bits per heavy atom. The molecule has 1 rings (SSSR count). The molecule has 1 nitrogen and oxygen atoms in total. The number of rotatable bonds is 1. The van der Waals surface area contributed by atoms with Crippen molar-refractivity contribution in [2.24, 2.45) is 0 Å². The van der Waals surface area contributed by atoms with Crippen molar-refractivity contribution in [3.05, 3.63) is 34.6 Å². The molecule has 0 heterocycles. The first-order chi connectivity index (χ1) is 5.13. The van der Waals surface area contributed by atoms with Gasteiger partial charge in [0.1, 0.15) is 5.82 Å². The van der Waals surface area contributed by atoms with Gasteiger partial charge in [0.2, 0.25) is 0 Å². The van der Waals surface area contributed by atoms with Crippen molar-refractivity contribution in [2.75, 3.05) is 0 Å². The normalized spacial score (nSPS) is 8.92. The predicted molar refractivity (Wildman–Crippen MR) is 62.6 cm³/mol. The molecule has 0 bridgehead atoms. The molecular formula is C7H6ClFINS. The standard InChI is InChI=1S/C7H5ClFNS.HI/c8-4-2-1-3-5(9)6(4)7(10)11;/h1-3H,(H2,10,11);1H. The fourth-order valence-electron chi connectivity index (χ4n) is 0.724. The second-order valence-electron chi connectivity index (χ2n) is 1.95. The Hall–Kier alpha value is 0.190. The van der Waals surface area contributed by atoms with E-state index in [2.05, 4.69) is 12.6 Å². The first kappa shape index (κ1) is 12.2. The largest absolute Gasteiger partial charge is 0.293 e. The van der Waals surface area contributed by atoms with E-state index in [9.17, 15) is 4.39 Å². The summed E-state index contributed by atoms with van der Waals surface area (Å²) in [5.41, 5.74) is 0.0532. The Labute approximate surface area is 97.2 Å². The molecule has 0 aromatic heterocycles. The van der Waals surface area contributed by atoms with Crippen LogP contribution in [0.3, 0.4) is 0 Å². The average Bonchev–Trinajstić information content (AvgIpc) is 1.85. The van der Waals surface area contributed by atoms with Crippen LogP contribution in [-0.4, -0.2) is 5.04 Å². The first-order valence-electron chi connectivity index (χ1n) is 2.85. The minimum atomic E-state index is -0.516. The van der Waals surface area contributed by atoms with Crippen LogP contribution in [0.15, 0.2) is 18.2 Å². The molecule has 0 amide bonds. The predicted octanol–water partition coefficient (Wildman–Crippen LogP) is 3.35. The Bertz CT molecular complexity index is 285. The summed E-state index contributed by atoms with van der Waals surface area (Å²) in [5.74, 6) is -0.516. The lowest BCUT2D eigenvalue weighted by atomic mass is 10.2. The average molecular weight is 318 g/mol. The molecule has 1 N–H and O–H groups in total. The lowest BCUT2D eigenvalue weighted by Crippen LogP contribution is -1.94. The highest BCUT2D eigenvalue weighted by Gasteiger charge is 2.08. The van der Waals surface area contributed by atoms with Gasteiger partial charge in [-0.1, -0.05) is 17.7 Å². The van der Waals surface area contributed by atoms with E-state index < -0.39 is 5.82 Å². The fraction of sp³-hybridized carbons (Fsp3) is 0. The van der Waals surface area contributed by atoms with Crippen LogP contribution in [0.1, 0.15) is 5.56 Å². The molecule has 1 aromatic rings. The van der Waals surface area contributed by atoms with Crippen LogP contribution < -0.4 is 0 Å². The molecular weight excluding hydrogens is 312 g/mol. The molecule has 12 heavy (non-hydrogen) atoms. The van der Waals surface area contributed by atoms with E-state index >= 15 is 0 Å². The highest BCUT2D eigenvalue weighted by atomic mass is 127. The van der Waals surface area contributed by atoms with E-state index in [0.717, 1.165) is 0 Å². The molecule has 0 aliphatic carbocycles. The second-order valence-corrected chi connectivity index (χ2v) is 2.80. The molecule has 0 aliphatic rings. The van der Waals surface area contributed by atoms with Crippen molar-refractivity contribution in [1.29, 1.82) is 5.41 Å². The minimum absolute atomic E-state index is 0. The summed E-state index contributed by atoms with van der Waals surface area (Å²) in [6.07, 6.45) is 0. The van der Waals surface area contributed by atoms with Crippen molar-refractivity contribution in [2.45, 2.75) is 0 Å². The molecule has 1 aromatic carbocycles. The Kier molecular flexibility index (Phi) is 5.12. The van der Waals surface area contributed by atoms with Crippen LogP contribution >= 0.6 is 48.2 Å². The lowest BCUT2D eigenvalue weighted by molar-refractivity contribution is 0.626.